The molecule has 0 saturated carbocycles. The second kappa shape index (κ2) is 34.2. The molecule has 0 spiro atoms. The van der Waals surface area contributed by atoms with Gasteiger partial charge in [-0.2, -0.15) is 0 Å². The molecule has 1 aliphatic rings. The number of rotatable bonds is 36. The Kier molecular flexibility index (Phi) is 32.1. The van der Waals surface area contributed by atoms with Crippen molar-refractivity contribution in [1.82, 2.24) is 0 Å². The Bertz CT molecular complexity index is 536. The van der Waals surface area contributed by atoms with Crippen LogP contribution in [0.5, 0.6) is 0 Å². The van der Waals surface area contributed by atoms with E-state index in [4.69, 9.17) is 9.47 Å². The van der Waals surface area contributed by atoms with Crippen molar-refractivity contribution < 1.29 is 9.47 Å². The van der Waals surface area contributed by atoms with Gasteiger partial charge >= 0.3 is 0 Å². The topological polar surface area (TPSA) is 18.5 Å². The van der Waals surface area contributed by atoms with E-state index in [0.717, 1.165) is 0 Å². The summed E-state index contributed by atoms with van der Waals surface area (Å²) in [7, 11) is 0. The van der Waals surface area contributed by atoms with E-state index in [1.165, 1.54) is 225 Å². The highest BCUT2D eigenvalue weighted by molar-refractivity contribution is 4.76. The van der Waals surface area contributed by atoms with E-state index >= 15 is 0 Å². The SMILES string of the molecule is CCCCCCCCCCCCCCCCCCCC(CCCCCCCCCCCCCCCCCC)C1OC=CO1. The highest BCUT2D eigenvalue weighted by Gasteiger charge is 2.24. The Morgan fingerprint density at radius 2 is 0.535 bits per heavy atom. The van der Waals surface area contributed by atoms with Crippen LogP contribution in [-0.4, -0.2) is 6.29 Å². The summed E-state index contributed by atoms with van der Waals surface area (Å²) in [6.07, 6.45) is 53.4. The van der Waals surface area contributed by atoms with Crippen LogP contribution in [0.2, 0.25) is 0 Å². The summed E-state index contributed by atoms with van der Waals surface area (Å²) in [5.41, 5.74) is 0. The van der Waals surface area contributed by atoms with E-state index in [1.54, 1.807) is 12.5 Å². The van der Waals surface area contributed by atoms with E-state index in [9.17, 15) is 0 Å². The third kappa shape index (κ3) is 28.5. The second-order valence-electron chi connectivity index (χ2n) is 14.2. The van der Waals surface area contributed by atoms with Crippen LogP contribution in [0.4, 0.5) is 0 Å². The first-order valence-electron chi connectivity index (χ1n) is 20.3. The molecule has 1 aliphatic heterocycles. The Morgan fingerprint density at radius 3 is 0.767 bits per heavy atom. The van der Waals surface area contributed by atoms with Gasteiger partial charge < -0.3 is 9.47 Å². The van der Waals surface area contributed by atoms with Crippen molar-refractivity contribution in [3.63, 3.8) is 0 Å². The summed E-state index contributed by atoms with van der Waals surface area (Å²) in [6, 6.07) is 0. The zero-order chi connectivity index (χ0) is 30.7. The molecule has 2 nitrogen and oxygen atoms in total. The molecular weight excluding hydrogens is 524 g/mol. The van der Waals surface area contributed by atoms with Crippen LogP contribution in [0.1, 0.15) is 239 Å². The largest absolute Gasteiger partial charge is 0.459 e. The lowest BCUT2D eigenvalue weighted by molar-refractivity contribution is -0.0724. The van der Waals surface area contributed by atoms with Gasteiger partial charge in [0.15, 0.2) is 0 Å². The second-order valence-corrected chi connectivity index (χ2v) is 14.2. The first-order valence-corrected chi connectivity index (χ1v) is 20.3. The van der Waals surface area contributed by atoms with Gasteiger partial charge in [-0.25, -0.2) is 0 Å². The number of hydrogen-bond acceptors (Lipinski definition) is 2. The normalized spacial score (nSPS) is 13.9. The number of hydrogen-bond donors (Lipinski definition) is 0. The molecule has 0 fully saturated rings. The number of ether oxygens (including phenoxy) is 2. The minimum absolute atomic E-state index is 0.0163. The average Bonchev–Trinajstić information content (AvgIpc) is 3.56. The van der Waals surface area contributed by atoms with Crippen molar-refractivity contribution in [1.29, 1.82) is 0 Å². The highest BCUT2D eigenvalue weighted by atomic mass is 16.7. The zero-order valence-electron chi connectivity index (χ0n) is 29.9. The molecule has 1 heterocycles. The van der Waals surface area contributed by atoms with Gasteiger partial charge in [-0.3, -0.25) is 0 Å². The smallest absolute Gasteiger partial charge is 0.242 e. The van der Waals surface area contributed by atoms with Gasteiger partial charge in [0, 0.05) is 5.92 Å². The molecule has 1 rings (SSSR count). The molecule has 1 unspecified atom stereocenters. The van der Waals surface area contributed by atoms with E-state index in [-0.39, 0.29) is 6.29 Å². The fraction of sp³-hybridized carbons (Fsp3) is 0.951. The van der Waals surface area contributed by atoms with Crippen LogP contribution >= 0.6 is 0 Å². The van der Waals surface area contributed by atoms with Gasteiger partial charge in [-0.1, -0.05) is 226 Å². The maximum Gasteiger partial charge on any atom is 0.242 e. The van der Waals surface area contributed by atoms with Crippen LogP contribution in [0.3, 0.4) is 0 Å². The van der Waals surface area contributed by atoms with Gasteiger partial charge in [0.25, 0.3) is 0 Å². The van der Waals surface area contributed by atoms with Crippen LogP contribution in [-0.2, 0) is 9.47 Å². The fourth-order valence-electron chi connectivity index (χ4n) is 6.98. The third-order valence-electron chi connectivity index (χ3n) is 9.97. The molecule has 1 atom stereocenters. The molecule has 0 saturated heterocycles. The van der Waals surface area contributed by atoms with Crippen molar-refractivity contribution >= 4 is 0 Å². The van der Waals surface area contributed by atoms with E-state index in [2.05, 4.69) is 13.8 Å². The predicted molar refractivity (Wildman–Crippen MR) is 192 cm³/mol. The molecule has 0 amide bonds. The maximum absolute atomic E-state index is 5.78. The fourth-order valence-corrected chi connectivity index (χ4v) is 6.98. The van der Waals surface area contributed by atoms with Crippen molar-refractivity contribution in [3.8, 4) is 0 Å². The molecule has 0 bridgehead atoms. The van der Waals surface area contributed by atoms with Gasteiger partial charge in [0.05, 0.1) is 0 Å². The van der Waals surface area contributed by atoms with E-state index in [1.807, 2.05) is 0 Å². The van der Waals surface area contributed by atoms with Gasteiger partial charge in [-0.15, -0.1) is 0 Å². The number of unbranched alkanes of at least 4 members (excludes halogenated alkanes) is 31. The first-order chi connectivity index (χ1) is 21.4. The van der Waals surface area contributed by atoms with Crippen molar-refractivity contribution in [2.75, 3.05) is 0 Å². The monoisotopic (exact) mass is 605 g/mol. The predicted octanol–water partition coefficient (Wildman–Crippen LogP) is 15.1. The molecular formula is C41H80O2. The third-order valence-corrected chi connectivity index (χ3v) is 9.97. The standard InChI is InChI=1S/C41H80O2/c1-3-5-7-9-11-13-15-17-19-21-23-25-27-29-31-33-35-37-40(41-42-38-39-43-41)36-34-32-30-28-26-24-22-20-18-16-14-12-10-8-6-4-2/h38-41H,3-37H2,1-2H3. The quantitative estimate of drug-likeness (QED) is 0.0662. The summed E-state index contributed by atoms with van der Waals surface area (Å²) in [6.45, 7) is 4.61. The Balaban J connectivity index is 1.87. The first kappa shape index (κ1) is 40.4. The van der Waals surface area contributed by atoms with Crippen LogP contribution < -0.4 is 0 Å². The van der Waals surface area contributed by atoms with Crippen LogP contribution in [0.25, 0.3) is 0 Å². The molecule has 43 heavy (non-hydrogen) atoms. The summed E-state index contributed by atoms with van der Waals surface area (Å²) in [5, 5.41) is 0. The lowest BCUT2D eigenvalue weighted by Crippen LogP contribution is -2.21. The van der Waals surface area contributed by atoms with Gasteiger partial charge in [0.1, 0.15) is 12.5 Å². The molecule has 0 radical (unpaired) electrons. The zero-order valence-corrected chi connectivity index (χ0v) is 29.9. The molecule has 2 heteroatoms. The summed E-state index contributed by atoms with van der Waals surface area (Å²) < 4.78 is 11.6. The van der Waals surface area contributed by atoms with Crippen LogP contribution in [0, 0.1) is 5.92 Å². The van der Waals surface area contributed by atoms with Gasteiger partial charge in [-0.05, 0) is 12.8 Å². The molecule has 256 valence electrons. The van der Waals surface area contributed by atoms with E-state index < -0.39 is 0 Å². The van der Waals surface area contributed by atoms with Gasteiger partial charge in [0.2, 0.25) is 6.29 Å². The average molecular weight is 605 g/mol. The summed E-state index contributed by atoms with van der Waals surface area (Å²) in [5.74, 6) is 0.568. The summed E-state index contributed by atoms with van der Waals surface area (Å²) >= 11 is 0. The van der Waals surface area contributed by atoms with Crippen molar-refractivity contribution in [2.45, 2.75) is 245 Å². The Labute approximate surface area is 272 Å². The van der Waals surface area contributed by atoms with Crippen molar-refractivity contribution in [3.05, 3.63) is 12.5 Å². The lowest BCUT2D eigenvalue weighted by Gasteiger charge is -2.22. The molecule has 0 N–H and O–H groups in total. The van der Waals surface area contributed by atoms with Crippen molar-refractivity contribution in [2.24, 2.45) is 5.92 Å². The minimum Gasteiger partial charge on any atom is -0.459 e. The molecule has 0 aromatic rings. The highest BCUT2D eigenvalue weighted by Crippen LogP contribution is 2.27. The minimum atomic E-state index is -0.0163. The van der Waals surface area contributed by atoms with E-state index in [0.29, 0.717) is 5.92 Å². The molecule has 0 aromatic heterocycles. The van der Waals surface area contributed by atoms with Crippen LogP contribution in [0.15, 0.2) is 12.5 Å². The maximum atomic E-state index is 5.78. The summed E-state index contributed by atoms with van der Waals surface area (Å²) in [4.78, 5) is 0. The Morgan fingerprint density at radius 1 is 0.326 bits per heavy atom. The molecule has 0 aliphatic carbocycles. The Hall–Kier alpha value is -0.660. The molecule has 0 aromatic carbocycles. The lowest BCUT2D eigenvalue weighted by atomic mass is 9.93.